The number of piperazine rings is 1. The molecule has 1 atom stereocenters. The van der Waals surface area contributed by atoms with Crippen molar-refractivity contribution in [3.8, 4) is 0 Å². The SMILES string of the molecule is O=C(C=Cc1cccc(Cl)c1)N1CCN(CCCN2CCC3(CC3)C(O)C2)C(=O)C1. The summed E-state index contributed by atoms with van der Waals surface area (Å²) in [6.07, 6.45) is 7.38. The number of nitrogens with zero attached hydrogens (tertiary/aromatic N) is 3. The molecule has 1 aromatic carbocycles. The van der Waals surface area contributed by atoms with Crippen molar-refractivity contribution in [2.24, 2.45) is 5.41 Å². The van der Waals surface area contributed by atoms with Gasteiger partial charge >= 0.3 is 0 Å². The molecule has 2 aliphatic heterocycles. The van der Waals surface area contributed by atoms with E-state index in [1.54, 1.807) is 23.1 Å². The lowest BCUT2D eigenvalue weighted by molar-refractivity contribution is -0.143. The molecule has 1 aromatic rings. The summed E-state index contributed by atoms with van der Waals surface area (Å²) in [5.41, 5.74) is 1.09. The average Bonchev–Trinajstić information content (AvgIpc) is 3.51. The standard InChI is InChI=1S/C23H30ClN3O3/c24-19-4-1-3-18(15-19)5-6-21(29)27-14-13-26(22(30)17-27)11-2-10-25-12-9-23(7-8-23)20(28)16-25/h1,3-6,15,20,28H,2,7-14,16-17H2. The Morgan fingerprint density at radius 2 is 2.03 bits per heavy atom. The summed E-state index contributed by atoms with van der Waals surface area (Å²) in [5, 5.41) is 10.9. The Balaban J connectivity index is 1.18. The zero-order chi connectivity index (χ0) is 21.1. The first-order chi connectivity index (χ1) is 14.4. The number of carbonyl (C=O) groups excluding carboxylic acids is 2. The van der Waals surface area contributed by atoms with Crippen LogP contribution in [0.3, 0.4) is 0 Å². The van der Waals surface area contributed by atoms with Gasteiger partial charge in [-0.15, -0.1) is 0 Å². The van der Waals surface area contributed by atoms with Crippen LogP contribution in [0.5, 0.6) is 0 Å². The fraction of sp³-hybridized carbons (Fsp3) is 0.565. The van der Waals surface area contributed by atoms with Gasteiger partial charge in [-0.3, -0.25) is 9.59 Å². The molecule has 0 bridgehead atoms. The third-order valence-electron chi connectivity index (χ3n) is 6.76. The Morgan fingerprint density at radius 1 is 1.20 bits per heavy atom. The van der Waals surface area contributed by atoms with Gasteiger partial charge in [0.15, 0.2) is 0 Å². The number of piperidine rings is 1. The Hall–Kier alpha value is -1.89. The Bertz CT molecular complexity index is 824. The van der Waals surface area contributed by atoms with Crippen molar-refractivity contribution in [3.63, 3.8) is 0 Å². The van der Waals surface area contributed by atoms with Gasteiger partial charge in [0, 0.05) is 37.3 Å². The van der Waals surface area contributed by atoms with E-state index in [1.807, 2.05) is 17.0 Å². The lowest BCUT2D eigenvalue weighted by Gasteiger charge is -2.37. The normalized spacial score (nSPS) is 24.1. The van der Waals surface area contributed by atoms with E-state index in [0.29, 0.717) is 24.7 Å². The molecule has 1 aliphatic carbocycles. The minimum atomic E-state index is -0.192. The maximum Gasteiger partial charge on any atom is 0.247 e. The Kier molecular flexibility index (Phi) is 6.46. The molecule has 1 unspecified atom stereocenters. The summed E-state index contributed by atoms with van der Waals surface area (Å²) in [4.78, 5) is 30.7. The monoisotopic (exact) mass is 431 g/mol. The Morgan fingerprint density at radius 3 is 2.73 bits per heavy atom. The third kappa shape index (κ3) is 5.05. The fourth-order valence-electron chi connectivity index (χ4n) is 4.53. The molecule has 2 saturated heterocycles. The molecule has 1 spiro atoms. The number of β-amino-alcohol motifs (C(OH)–C–C–N with tert-alkyl or cyclic N) is 1. The van der Waals surface area contributed by atoms with Crippen LogP contribution in [0.25, 0.3) is 6.08 Å². The van der Waals surface area contributed by atoms with E-state index < -0.39 is 0 Å². The Labute approximate surface area is 183 Å². The first kappa shape index (κ1) is 21.3. The number of likely N-dealkylation sites (tertiary alicyclic amines) is 1. The van der Waals surface area contributed by atoms with Crippen LogP contribution in [-0.4, -0.2) is 83.5 Å². The van der Waals surface area contributed by atoms with Crippen molar-refractivity contribution in [2.45, 2.75) is 31.8 Å². The lowest BCUT2D eigenvalue weighted by atomic mass is 9.90. The molecular weight excluding hydrogens is 402 g/mol. The van der Waals surface area contributed by atoms with Gasteiger partial charge in [0.05, 0.1) is 6.10 Å². The van der Waals surface area contributed by atoms with Gasteiger partial charge in [-0.2, -0.15) is 0 Å². The quantitative estimate of drug-likeness (QED) is 0.702. The van der Waals surface area contributed by atoms with Crippen LogP contribution < -0.4 is 0 Å². The van der Waals surface area contributed by atoms with Gasteiger partial charge in [-0.25, -0.2) is 0 Å². The summed E-state index contributed by atoms with van der Waals surface area (Å²) in [7, 11) is 0. The number of aliphatic hydroxyl groups is 1. The summed E-state index contributed by atoms with van der Waals surface area (Å²) in [5.74, 6) is -0.152. The predicted octanol–water partition coefficient (Wildman–Crippen LogP) is 2.26. The second-order valence-corrected chi connectivity index (χ2v) is 9.25. The van der Waals surface area contributed by atoms with Crippen LogP contribution in [0, 0.1) is 5.41 Å². The molecule has 2 amide bonds. The molecule has 162 valence electrons. The zero-order valence-electron chi connectivity index (χ0n) is 17.3. The van der Waals surface area contributed by atoms with Crippen LogP contribution in [0.15, 0.2) is 30.3 Å². The molecule has 6 nitrogen and oxygen atoms in total. The molecule has 1 N–H and O–H groups in total. The number of aliphatic hydroxyl groups excluding tert-OH is 1. The van der Waals surface area contributed by atoms with Crippen molar-refractivity contribution in [2.75, 3.05) is 45.8 Å². The van der Waals surface area contributed by atoms with Gasteiger partial charge in [0.25, 0.3) is 0 Å². The summed E-state index contributed by atoms with van der Waals surface area (Å²) >= 11 is 5.96. The molecule has 1 saturated carbocycles. The molecule has 30 heavy (non-hydrogen) atoms. The van der Waals surface area contributed by atoms with Crippen LogP contribution in [0.2, 0.25) is 5.02 Å². The second-order valence-electron chi connectivity index (χ2n) is 8.81. The first-order valence-electron chi connectivity index (χ1n) is 10.9. The number of benzene rings is 1. The number of hydrogen-bond acceptors (Lipinski definition) is 4. The van der Waals surface area contributed by atoms with E-state index in [1.165, 1.54) is 18.9 Å². The van der Waals surface area contributed by atoms with E-state index >= 15 is 0 Å². The summed E-state index contributed by atoms with van der Waals surface area (Å²) in [6, 6.07) is 7.30. The fourth-order valence-corrected chi connectivity index (χ4v) is 4.72. The van der Waals surface area contributed by atoms with E-state index in [0.717, 1.165) is 38.0 Å². The van der Waals surface area contributed by atoms with Crippen molar-refractivity contribution in [1.82, 2.24) is 14.7 Å². The van der Waals surface area contributed by atoms with Crippen LogP contribution in [0.1, 0.15) is 31.2 Å². The van der Waals surface area contributed by atoms with Crippen LogP contribution in [0.4, 0.5) is 0 Å². The van der Waals surface area contributed by atoms with Crippen LogP contribution in [-0.2, 0) is 9.59 Å². The number of halogens is 1. The smallest absolute Gasteiger partial charge is 0.247 e. The topological polar surface area (TPSA) is 64.1 Å². The molecular formula is C23H30ClN3O3. The molecule has 2 heterocycles. The molecule has 7 heteroatoms. The van der Waals surface area contributed by atoms with Crippen molar-refractivity contribution in [3.05, 3.63) is 40.9 Å². The van der Waals surface area contributed by atoms with E-state index in [-0.39, 0.29) is 29.9 Å². The van der Waals surface area contributed by atoms with Gasteiger partial charge in [0.2, 0.25) is 11.8 Å². The maximum absolute atomic E-state index is 12.5. The highest BCUT2D eigenvalue weighted by molar-refractivity contribution is 6.30. The molecule has 3 fully saturated rings. The highest BCUT2D eigenvalue weighted by Gasteiger charge is 2.51. The number of carbonyl (C=O) groups is 2. The molecule has 0 radical (unpaired) electrons. The number of hydrogen-bond donors (Lipinski definition) is 1. The molecule has 4 rings (SSSR count). The van der Waals surface area contributed by atoms with E-state index in [9.17, 15) is 14.7 Å². The van der Waals surface area contributed by atoms with Crippen molar-refractivity contribution in [1.29, 1.82) is 0 Å². The van der Waals surface area contributed by atoms with E-state index in [2.05, 4.69) is 4.90 Å². The maximum atomic E-state index is 12.5. The van der Waals surface area contributed by atoms with Crippen molar-refractivity contribution >= 4 is 29.5 Å². The van der Waals surface area contributed by atoms with Gasteiger partial charge in [-0.05, 0) is 68.0 Å². The van der Waals surface area contributed by atoms with E-state index in [4.69, 9.17) is 11.6 Å². The number of amides is 2. The van der Waals surface area contributed by atoms with Gasteiger partial charge in [-0.1, -0.05) is 23.7 Å². The van der Waals surface area contributed by atoms with Crippen LogP contribution >= 0.6 is 11.6 Å². The zero-order valence-corrected chi connectivity index (χ0v) is 18.1. The average molecular weight is 432 g/mol. The summed E-state index contributed by atoms with van der Waals surface area (Å²) < 4.78 is 0. The first-order valence-corrected chi connectivity index (χ1v) is 11.2. The molecule has 3 aliphatic rings. The third-order valence-corrected chi connectivity index (χ3v) is 6.99. The van der Waals surface area contributed by atoms with Gasteiger partial charge in [0.1, 0.15) is 6.54 Å². The number of rotatable bonds is 6. The highest BCUT2D eigenvalue weighted by Crippen LogP contribution is 2.53. The van der Waals surface area contributed by atoms with Crippen molar-refractivity contribution < 1.29 is 14.7 Å². The summed E-state index contributed by atoms with van der Waals surface area (Å²) in [6.45, 7) is 4.67. The minimum absolute atomic E-state index is 0.00127. The predicted molar refractivity (Wildman–Crippen MR) is 117 cm³/mol. The second kappa shape index (κ2) is 9.08. The van der Waals surface area contributed by atoms with Gasteiger partial charge < -0.3 is 19.8 Å². The lowest BCUT2D eigenvalue weighted by Crippen LogP contribution is -2.52. The molecule has 0 aromatic heterocycles. The highest BCUT2D eigenvalue weighted by atomic mass is 35.5. The largest absolute Gasteiger partial charge is 0.391 e. The minimum Gasteiger partial charge on any atom is -0.391 e.